The second kappa shape index (κ2) is 1.99. The van der Waals surface area contributed by atoms with Crippen molar-refractivity contribution in [3.8, 4) is 0 Å². The Morgan fingerprint density at radius 2 is 1.50 bits per heavy atom. The van der Waals surface area contributed by atoms with E-state index in [-0.39, 0.29) is 0 Å². The SMILES string of the molecule is CC1(C)CC2CCCC2C1. The van der Waals surface area contributed by atoms with E-state index in [2.05, 4.69) is 13.8 Å². The summed E-state index contributed by atoms with van der Waals surface area (Å²) >= 11 is 0. The van der Waals surface area contributed by atoms with Crippen LogP contribution in [0.4, 0.5) is 0 Å². The van der Waals surface area contributed by atoms with E-state index in [1.54, 1.807) is 0 Å². The Morgan fingerprint density at radius 1 is 1.00 bits per heavy atom. The highest BCUT2D eigenvalue weighted by atomic mass is 14.5. The van der Waals surface area contributed by atoms with Crippen LogP contribution >= 0.6 is 0 Å². The molecule has 2 saturated carbocycles. The lowest BCUT2D eigenvalue weighted by atomic mass is 9.89. The summed E-state index contributed by atoms with van der Waals surface area (Å²) in [4.78, 5) is 0. The van der Waals surface area contributed by atoms with Crippen molar-refractivity contribution in [3.05, 3.63) is 0 Å². The highest BCUT2D eigenvalue weighted by Crippen LogP contribution is 2.52. The molecule has 0 bridgehead atoms. The van der Waals surface area contributed by atoms with Crippen molar-refractivity contribution in [2.45, 2.75) is 46.0 Å². The van der Waals surface area contributed by atoms with Gasteiger partial charge in [0.2, 0.25) is 0 Å². The summed E-state index contributed by atoms with van der Waals surface area (Å²) < 4.78 is 0. The van der Waals surface area contributed by atoms with E-state index < -0.39 is 0 Å². The van der Waals surface area contributed by atoms with E-state index in [0.29, 0.717) is 5.41 Å². The zero-order chi connectivity index (χ0) is 7.19. The van der Waals surface area contributed by atoms with Crippen molar-refractivity contribution in [1.29, 1.82) is 0 Å². The summed E-state index contributed by atoms with van der Waals surface area (Å²) in [6.45, 7) is 4.87. The summed E-state index contributed by atoms with van der Waals surface area (Å²) in [6.07, 6.45) is 7.61. The molecule has 2 unspecified atom stereocenters. The van der Waals surface area contributed by atoms with Crippen LogP contribution in [0.15, 0.2) is 0 Å². The summed E-state index contributed by atoms with van der Waals surface area (Å²) in [5, 5.41) is 0. The van der Waals surface area contributed by atoms with Crippen LogP contribution in [-0.2, 0) is 0 Å². The van der Waals surface area contributed by atoms with Crippen LogP contribution in [0.3, 0.4) is 0 Å². The molecule has 0 heterocycles. The van der Waals surface area contributed by atoms with Gasteiger partial charge in [-0.05, 0) is 30.1 Å². The van der Waals surface area contributed by atoms with Gasteiger partial charge in [-0.2, -0.15) is 0 Å². The Hall–Kier alpha value is 0. The van der Waals surface area contributed by atoms with Crippen LogP contribution in [0.5, 0.6) is 0 Å². The first kappa shape index (κ1) is 6.69. The average molecular weight is 138 g/mol. The van der Waals surface area contributed by atoms with Gasteiger partial charge in [0.15, 0.2) is 0 Å². The van der Waals surface area contributed by atoms with Gasteiger partial charge < -0.3 is 0 Å². The Morgan fingerprint density at radius 3 is 2.00 bits per heavy atom. The monoisotopic (exact) mass is 138 g/mol. The Kier molecular flexibility index (Phi) is 1.33. The first-order chi connectivity index (χ1) is 4.67. The van der Waals surface area contributed by atoms with Gasteiger partial charge in [0, 0.05) is 0 Å². The van der Waals surface area contributed by atoms with Gasteiger partial charge in [-0.25, -0.2) is 0 Å². The Labute approximate surface area is 64.0 Å². The Bertz CT molecular complexity index is 121. The van der Waals surface area contributed by atoms with E-state index in [0.717, 1.165) is 11.8 Å². The van der Waals surface area contributed by atoms with Crippen molar-refractivity contribution in [3.63, 3.8) is 0 Å². The number of fused-ring (bicyclic) bond motifs is 1. The Balaban J connectivity index is 2.07. The highest BCUT2D eigenvalue weighted by Gasteiger charge is 2.41. The summed E-state index contributed by atoms with van der Waals surface area (Å²) in [5.74, 6) is 2.24. The topological polar surface area (TPSA) is 0 Å². The molecule has 0 amide bonds. The van der Waals surface area contributed by atoms with Crippen molar-refractivity contribution in [2.75, 3.05) is 0 Å². The van der Waals surface area contributed by atoms with Crippen LogP contribution in [0.25, 0.3) is 0 Å². The third-order valence-corrected chi connectivity index (χ3v) is 3.45. The van der Waals surface area contributed by atoms with Gasteiger partial charge in [-0.1, -0.05) is 33.1 Å². The predicted molar refractivity (Wildman–Crippen MR) is 43.8 cm³/mol. The van der Waals surface area contributed by atoms with Crippen LogP contribution < -0.4 is 0 Å². The molecule has 58 valence electrons. The molecular weight excluding hydrogens is 120 g/mol. The molecule has 0 aromatic carbocycles. The van der Waals surface area contributed by atoms with Crippen molar-refractivity contribution in [1.82, 2.24) is 0 Å². The lowest BCUT2D eigenvalue weighted by Crippen LogP contribution is -2.05. The molecule has 0 aromatic heterocycles. The van der Waals surface area contributed by atoms with Gasteiger partial charge in [-0.15, -0.1) is 0 Å². The molecule has 2 rings (SSSR count). The molecule has 0 spiro atoms. The molecule has 0 saturated heterocycles. The average Bonchev–Trinajstić information content (AvgIpc) is 2.20. The summed E-state index contributed by atoms with van der Waals surface area (Å²) in [6, 6.07) is 0. The van der Waals surface area contributed by atoms with Gasteiger partial charge in [0.1, 0.15) is 0 Å². The predicted octanol–water partition coefficient (Wildman–Crippen LogP) is 3.22. The van der Waals surface area contributed by atoms with E-state index in [4.69, 9.17) is 0 Å². The van der Waals surface area contributed by atoms with Gasteiger partial charge in [0.05, 0.1) is 0 Å². The fraction of sp³-hybridized carbons (Fsp3) is 1.00. The maximum atomic E-state index is 2.44. The maximum Gasteiger partial charge on any atom is -0.0349 e. The lowest BCUT2D eigenvalue weighted by Gasteiger charge is -2.17. The second-order valence-corrected chi connectivity index (χ2v) is 5.02. The first-order valence-electron chi connectivity index (χ1n) is 4.67. The van der Waals surface area contributed by atoms with Crippen LogP contribution in [0, 0.1) is 17.3 Å². The lowest BCUT2D eigenvalue weighted by molar-refractivity contribution is 0.345. The normalized spacial score (nSPS) is 43.8. The molecule has 2 fully saturated rings. The molecule has 0 radical (unpaired) electrons. The fourth-order valence-corrected chi connectivity index (χ4v) is 3.15. The number of hydrogen-bond donors (Lipinski definition) is 0. The summed E-state index contributed by atoms with van der Waals surface area (Å²) in [7, 11) is 0. The number of rotatable bonds is 0. The molecule has 0 heteroatoms. The smallest absolute Gasteiger partial charge is 0.0349 e. The standard InChI is InChI=1S/C10H18/c1-10(2)6-8-4-3-5-9(8)7-10/h8-9H,3-7H2,1-2H3. The minimum absolute atomic E-state index is 0.690. The zero-order valence-electron chi connectivity index (χ0n) is 7.19. The molecule has 0 aliphatic heterocycles. The third-order valence-electron chi connectivity index (χ3n) is 3.45. The molecule has 10 heavy (non-hydrogen) atoms. The molecule has 0 aromatic rings. The summed E-state index contributed by atoms with van der Waals surface area (Å²) in [5.41, 5.74) is 0.690. The van der Waals surface area contributed by atoms with Crippen LogP contribution in [0.1, 0.15) is 46.0 Å². The largest absolute Gasteiger partial charge is 0.0599 e. The second-order valence-electron chi connectivity index (χ2n) is 5.02. The molecule has 0 nitrogen and oxygen atoms in total. The van der Waals surface area contributed by atoms with Crippen molar-refractivity contribution < 1.29 is 0 Å². The van der Waals surface area contributed by atoms with E-state index in [1.165, 1.54) is 32.1 Å². The van der Waals surface area contributed by atoms with Gasteiger partial charge in [0.25, 0.3) is 0 Å². The van der Waals surface area contributed by atoms with E-state index in [9.17, 15) is 0 Å². The first-order valence-corrected chi connectivity index (χ1v) is 4.67. The van der Waals surface area contributed by atoms with Crippen molar-refractivity contribution >= 4 is 0 Å². The molecule has 2 aliphatic rings. The van der Waals surface area contributed by atoms with E-state index >= 15 is 0 Å². The van der Waals surface area contributed by atoms with Crippen LogP contribution in [0.2, 0.25) is 0 Å². The highest BCUT2D eigenvalue weighted by molar-refractivity contribution is 4.91. The molecule has 0 N–H and O–H groups in total. The molecule has 2 atom stereocenters. The van der Waals surface area contributed by atoms with Crippen LogP contribution in [-0.4, -0.2) is 0 Å². The van der Waals surface area contributed by atoms with Gasteiger partial charge in [-0.3, -0.25) is 0 Å². The third kappa shape index (κ3) is 0.980. The minimum Gasteiger partial charge on any atom is -0.0599 e. The number of hydrogen-bond acceptors (Lipinski definition) is 0. The van der Waals surface area contributed by atoms with Crippen molar-refractivity contribution in [2.24, 2.45) is 17.3 Å². The maximum absolute atomic E-state index is 2.44. The quantitative estimate of drug-likeness (QED) is 0.482. The van der Waals surface area contributed by atoms with Gasteiger partial charge >= 0.3 is 0 Å². The minimum atomic E-state index is 0.690. The van der Waals surface area contributed by atoms with E-state index in [1.807, 2.05) is 0 Å². The zero-order valence-corrected chi connectivity index (χ0v) is 7.19. The fourth-order valence-electron chi connectivity index (χ4n) is 3.15. The molecular formula is C10H18. The molecule has 2 aliphatic carbocycles.